The molecule has 0 radical (unpaired) electrons. The Labute approximate surface area is 128 Å². The van der Waals surface area contributed by atoms with Crippen molar-refractivity contribution in [2.24, 2.45) is 23.2 Å². The second-order valence-corrected chi connectivity index (χ2v) is 8.68. The molecule has 3 bridgehead atoms. The molecule has 3 rings (SSSR count). The van der Waals surface area contributed by atoms with Crippen LogP contribution in [0.15, 0.2) is 0 Å². The minimum atomic E-state index is -5.79. The number of carbonyl (C=O) groups excluding carboxylic acids is 1. The minimum absolute atomic E-state index is 0.184. The maximum absolute atomic E-state index is 13.2. The minimum Gasteiger partial charge on any atom is -0.460 e. The lowest BCUT2D eigenvalue weighted by Gasteiger charge is -2.54. The highest BCUT2D eigenvalue weighted by Gasteiger charge is 2.56. The summed E-state index contributed by atoms with van der Waals surface area (Å²) in [5.41, 5.74) is -0.296. The maximum Gasteiger partial charge on any atom is 0.465 e. The first-order valence-electron chi connectivity index (χ1n) is 7.65. The number of rotatable bonds is 4. The molecule has 0 aromatic rings. The summed E-state index contributed by atoms with van der Waals surface area (Å²) in [6, 6.07) is 0. The fourth-order valence-corrected chi connectivity index (χ4v) is 5.05. The summed E-state index contributed by atoms with van der Waals surface area (Å²) in [4.78, 5) is 11.4. The highest BCUT2D eigenvalue weighted by atomic mass is 32.2. The zero-order valence-electron chi connectivity index (χ0n) is 12.1. The van der Waals surface area contributed by atoms with Crippen LogP contribution in [-0.4, -0.2) is 30.8 Å². The Kier molecular flexibility index (Phi) is 3.75. The molecule has 3 aliphatic rings. The van der Waals surface area contributed by atoms with Crippen LogP contribution < -0.4 is 0 Å². The summed E-state index contributed by atoms with van der Waals surface area (Å²) in [7, 11) is -5.79. The van der Waals surface area contributed by atoms with E-state index in [1.54, 1.807) is 0 Å². The smallest absolute Gasteiger partial charge is 0.460 e. The molecule has 0 spiro atoms. The van der Waals surface area contributed by atoms with Gasteiger partial charge in [-0.2, -0.15) is 17.2 Å². The number of ether oxygens (including phenoxy) is 1. The van der Waals surface area contributed by atoms with Gasteiger partial charge in [-0.05, 0) is 56.3 Å². The molecule has 0 heterocycles. The van der Waals surface area contributed by atoms with Crippen molar-refractivity contribution < 1.29 is 31.3 Å². The number of halogens is 2. The Balaban J connectivity index is 1.68. The van der Waals surface area contributed by atoms with Crippen molar-refractivity contribution in [3.63, 3.8) is 0 Å². The molecule has 4 unspecified atom stereocenters. The third kappa shape index (κ3) is 2.64. The molecule has 4 atom stereocenters. The molecule has 0 saturated heterocycles. The summed E-state index contributed by atoms with van der Waals surface area (Å²) in [5.74, 6) is -0.361. The van der Waals surface area contributed by atoms with Crippen LogP contribution in [0.2, 0.25) is 0 Å². The molecule has 3 aliphatic carbocycles. The first-order chi connectivity index (χ1) is 10.1. The summed E-state index contributed by atoms with van der Waals surface area (Å²) in [5, 5.41) is -4.90. The number of hydrogen-bond donors (Lipinski definition) is 1. The molecular formula is C14H20F2O5S. The molecule has 8 heteroatoms. The molecule has 3 saturated carbocycles. The van der Waals surface area contributed by atoms with Crippen molar-refractivity contribution in [1.82, 2.24) is 0 Å². The largest absolute Gasteiger partial charge is 0.465 e. The van der Waals surface area contributed by atoms with Gasteiger partial charge in [-0.15, -0.1) is 0 Å². The van der Waals surface area contributed by atoms with Crippen LogP contribution >= 0.6 is 0 Å². The SMILES string of the molecule is O=C(OCC12CCC3CCC(CC3C1)C2)C(F)(F)S(=O)(=O)O. The average Bonchev–Trinajstić information content (AvgIpc) is 2.41. The predicted octanol–water partition coefficient (Wildman–Crippen LogP) is 2.62. The first-order valence-corrected chi connectivity index (χ1v) is 9.09. The van der Waals surface area contributed by atoms with Crippen LogP contribution in [-0.2, 0) is 19.6 Å². The van der Waals surface area contributed by atoms with Gasteiger partial charge in [0.15, 0.2) is 0 Å². The van der Waals surface area contributed by atoms with E-state index in [1.165, 1.54) is 12.8 Å². The summed E-state index contributed by atoms with van der Waals surface area (Å²) in [6.07, 6.45) is 7.09. The molecule has 5 nitrogen and oxygen atoms in total. The Bertz CT molecular complexity index is 572. The van der Waals surface area contributed by atoms with Crippen molar-refractivity contribution in [2.45, 2.75) is 50.2 Å². The molecule has 1 N–H and O–H groups in total. The van der Waals surface area contributed by atoms with E-state index in [1.807, 2.05) is 0 Å². The predicted molar refractivity (Wildman–Crippen MR) is 72.7 cm³/mol. The third-order valence-corrected chi connectivity index (χ3v) is 6.60. The number of hydrogen-bond acceptors (Lipinski definition) is 4. The van der Waals surface area contributed by atoms with Crippen molar-refractivity contribution in [2.75, 3.05) is 6.61 Å². The topological polar surface area (TPSA) is 80.7 Å². The lowest BCUT2D eigenvalue weighted by atomic mass is 9.52. The van der Waals surface area contributed by atoms with Crippen molar-refractivity contribution >= 4 is 16.1 Å². The average molecular weight is 338 g/mol. The van der Waals surface area contributed by atoms with E-state index >= 15 is 0 Å². The highest BCUT2D eigenvalue weighted by molar-refractivity contribution is 7.87. The van der Waals surface area contributed by atoms with Crippen molar-refractivity contribution in [3.8, 4) is 0 Å². The molecule has 126 valence electrons. The van der Waals surface area contributed by atoms with Crippen molar-refractivity contribution in [3.05, 3.63) is 0 Å². The van der Waals surface area contributed by atoms with E-state index in [9.17, 15) is 22.0 Å². The first kappa shape index (κ1) is 16.1. The Morgan fingerprint density at radius 2 is 1.95 bits per heavy atom. The van der Waals surface area contributed by atoms with Gasteiger partial charge in [0.05, 0.1) is 6.61 Å². The van der Waals surface area contributed by atoms with Gasteiger partial charge in [0.25, 0.3) is 0 Å². The second kappa shape index (κ2) is 5.12. The van der Waals surface area contributed by atoms with Gasteiger partial charge in [-0.1, -0.05) is 6.42 Å². The zero-order valence-corrected chi connectivity index (χ0v) is 12.9. The van der Waals surface area contributed by atoms with Crippen LogP contribution in [0.5, 0.6) is 0 Å². The monoisotopic (exact) mass is 338 g/mol. The standard InChI is InChI=1S/C14H20F2O5S/c15-14(16,22(18,19)20)12(17)21-8-13-4-3-10-2-1-9(6-13)5-11(10)7-13/h9-11H,1-8H2,(H,18,19,20). The lowest BCUT2D eigenvalue weighted by Crippen LogP contribution is -2.48. The summed E-state index contributed by atoms with van der Waals surface area (Å²) < 4.78 is 60.7. The van der Waals surface area contributed by atoms with Crippen LogP contribution in [0, 0.1) is 23.2 Å². The molecular weight excluding hydrogens is 318 g/mol. The quantitative estimate of drug-likeness (QED) is 0.629. The van der Waals surface area contributed by atoms with E-state index in [0.29, 0.717) is 17.8 Å². The Hall–Kier alpha value is -0.760. The highest BCUT2D eigenvalue weighted by Crippen LogP contribution is 2.58. The molecule has 3 fully saturated rings. The van der Waals surface area contributed by atoms with Gasteiger partial charge >= 0.3 is 21.3 Å². The van der Waals surface area contributed by atoms with Gasteiger partial charge in [0.1, 0.15) is 0 Å². The molecule has 0 aromatic heterocycles. The normalized spacial score (nSPS) is 37.9. The lowest BCUT2D eigenvalue weighted by molar-refractivity contribution is -0.170. The van der Waals surface area contributed by atoms with Crippen LogP contribution in [0.4, 0.5) is 8.78 Å². The molecule has 0 aromatic carbocycles. The van der Waals surface area contributed by atoms with Crippen LogP contribution in [0.1, 0.15) is 44.9 Å². The molecule has 0 amide bonds. The number of carbonyl (C=O) groups is 1. The van der Waals surface area contributed by atoms with Gasteiger partial charge in [-0.3, -0.25) is 4.55 Å². The van der Waals surface area contributed by atoms with Crippen molar-refractivity contribution in [1.29, 1.82) is 0 Å². The fraction of sp³-hybridized carbons (Fsp3) is 0.929. The maximum atomic E-state index is 13.2. The second-order valence-electron chi connectivity index (χ2n) is 7.21. The van der Waals surface area contributed by atoms with Crippen LogP contribution in [0.3, 0.4) is 0 Å². The van der Waals surface area contributed by atoms with E-state index in [-0.39, 0.29) is 12.0 Å². The molecule has 0 aliphatic heterocycles. The third-order valence-electron chi connectivity index (χ3n) is 5.78. The summed E-state index contributed by atoms with van der Waals surface area (Å²) in [6.45, 7) is -0.184. The number of fused-ring (bicyclic) bond motifs is 2. The number of alkyl halides is 2. The molecule has 22 heavy (non-hydrogen) atoms. The Morgan fingerprint density at radius 1 is 1.23 bits per heavy atom. The fourth-order valence-electron chi connectivity index (χ4n) is 4.78. The Morgan fingerprint density at radius 3 is 2.64 bits per heavy atom. The number of esters is 1. The van der Waals surface area contributed by atoms with Gasteiger partial charge < -0.3 is 4.74 Å². The van der Waals surface area contributed by atoms with E-state index in [0.717, 1.165) is 32.1 Å². The van der Waals surface area contributed by atoms with Gasteiger partial charge in [0, 0.05) is 5.41 Å². The van der Waals surface area contributed by atoms with E-state index in [4.69, 9.17) is 4.55 Å². The van der Waals surface area contributed by atoms with Crippen LogP contribution in [0.25, 0.3) is 0 Å². The summed E-state index contributed by atoms with van der Waals surface area (Å²) >= 11 is 0. The zero-order chi connectivity index (χ0) is 16.2. The van der Waals surface area contributed by atoms with E-state index < -0.39 is 21.3 Å². The van der Waals surface area contributed by atoms with E-state index in [2.05, 4.69) is 4.74 Å². The van der Waals surface area contributed by atoms with Gasteiger partial charge in [-0.25, -0.2) is 4.79 Å². The van der Waals surface area contributed by atoms with Gasteiger partial charge in [0.2, 0.25) is 0 Å².